The number of halogens is 1. The third-order valence-corrected chi connectivity index (χ3v) is 11.8. The number of methoxy groups -OCH3 is 1. The van der Waals surface area contributed by atoms with Crippen LogP contribution in [0, 0.1) is 0 Å². The zero-order chi connectivity index (χ0) is 17.0. The number of esters is 1. The molecule has 0 aliphatic rings. The number of carbonyl (C=O) groups excluding carboxylic acids is 1. The minimum atomic E-state index is -1.96. The molecule has 0 aromatic heterocycles. The van der Waals surface area contributed by atoms with Crippen molar-refractivity contribution in [2.45, 2.75) is 0 Å². The van der Waals surface area contributed by atoms with Crippen molar-refractivity contribution < 1.29 is 9.53 Å². The lowest BCUT2D eigenvalue weighted by atomic mass is 10.2. The van der Waals surface area contributed by atoms with Crippen molar-refractivity contribution in [1.29, 1.82) is 0 Å². The summed E-state index contributed by atoms with van der Waals surface area (Å²) in [4.78, 5) is 10.4. The highest BCUT2D eigenvalue weighted by molar-refractivity contribution is 14.2. The lowest BCUT2D eigenvalue weighted by molar-refractivity contribution is 0.0602. The van der Waals surface area contributed by atoms with E-state index in [1.54, 1.807) is 0 Å². The molecule has 120 valence electrons. The summed E-state index contributed by atoms with van der Waals surface area (Å²) in [7, 11) is 1.43. The van der Waals surface area contributed by atoms with Crippen molar-refractivity contribution in [2.24, 2.45) is 0 Å². The van der Waals surface area contributed by atoms with Crippen molar-refractivity contribution in [2.75, 3.05) is 7.11 Å². The van der Waals surface area contributed by atoms with Gasteiger partial charge in [-0.25, -0.2) is 4.79 Å². The Kier molecular flexibility index (Phi) is 5.32. The van der Waals surface area contributed by atoms with Crippen LogP contribution in [0.4, 0.5) is 0 Å². The molecule has 24 heavy (non-hydrogen) atoms. The Morgan fingerprint density at radius 1 is 0.792 bits per heavy atom. The van der Waals surface area contributed by atoms with Crippen molar-refractivity contribution in [1.82, 2.24) is 0 Å². The molecule has 0 unspecified atom stereocenters. The quantitative estimate of drug-likeness (QED) is 0.342. The Hall–Kier alpha value is -1.71. The summed E-state index contributed by atoms with van der Waals surface area (Å²) in [6.07, 6.45) is 0. The van der Waals surface area contributed by atoms with Crippen LogP contribution in [-0.4, -0.2) is 13.1 Å². The van der Waals surface area contributed by atoms with Crippen LogP contribution in [0.2, 0.25) is 0 Å². The molecule has 0 N–H and O–H groups in total. The third kappa shape index (κ3) is 3.11. The smallest absolute Gasteiger partial charge is 0.341 e. The van der Waals surface area contributed by atoms with Crippen LogP contribution in [0.25, 0.3) is 0 Å². The molecule has 3 aromatic rings. The number of ether oxygens (including phenoxy) is 1. The molecule has 0 radical (unpaired) electrons. The van der Waals surface area contributed by atoms with Gasteiger partial charge in [-0.1, -0.05) is 48.5 Å². The van der Waals surface area contributed by atoms with E-state index in [1.807, 2.05) is 60.7 Å². The van der Waals surface area contributed by atoms with Gasteiger partial charge in [0.2, 0.25) is 0 Å². The molecule has 0 saturated heterocycles. The Balaban J connectivity index is 2.31. The number of benzene rings is 3. The Labute approximate surface area is 155 Å². The summed E-state index contributed by atoms with van der Waals surface area (Å²) in [6.45, 7) is 0. The maximum atomic E-state index is 12.3. The van der Waals surface area contributed by atoms with Gasteiger partial charge < -0.3 is 4.74 Å². The molecular weight excluding hydrogens is 430 g/mol. The molecule has 0 heterocycles. The van der Waals surface area contributed by atoms with E-state index in [2.05, 4.69) is 46.3 Å². The first kappa shape index (κ1) is 17.1. The monoisotopic (exact) mass is 447 g/mol. The van der Waals surface area contributed by atoms with Crippen molar-refractivity contribution in [3.8, 4) is 0 Å². The fraction of sp³-hybridized carbons (Fsp3) is 0.0500. The first-order chi connectivity index (χ1) is 11.7. The maximum Gasteiger partial charge on any atom is 0.341 e. The van der Waals surface area contributed by atoms with Gasteiger partial charge in [-0.15, -0.1) is 0 Å². The number of rotatable bonds is 4. The van der Waals surface area contributed by atoms with Crippen LogP contribution in [0.15, 0.2) is 84.9 Å². The maximum absolute atomic E-state index is 12.3. The molecule has 3 rings (SSSR count). The van der Waals surface area contributed by atoms with Crippen LogP contribution in [0.3, 0.4) is 0 Å². The molecule has 4 heteroatoms. The van der Waals surface area contributed by atoms with Gasteiger partial charge in [0, 0.05) is 0 Å². The minimum Gasteiger partial charge on any atom is -0.465 e. The van der Waals surface area contributed by atoms with Crippen LogP contribution >= 0.6 is 26.9 Å². The average Bonchev–Trinajstić information content (AvgIpc) is 2.68. The molecule has 0 fully saturated rings. The normalized spacial score (nSPS) is 11.1. The van der Waals surface area contributed by atoms with Gasteiger partial charge in [0.15, 0.2) is 26.9 Å². The van der Waals surface area contributed by atoms with Crippen molar-refractivity contribution >= 4 is 48.8 Å². The van der Waals surface area contributed by atoms with E-state index in [0.717, 1.165) is 5.30 Å². The van der Waals surface area contributed by atoms with Gasteiger partial charge in [-0.05, 0) is 36.4 Å². The lowest BCUT2D eigenvalue weighted by Crippen LogP contribution is -2.30. The fourth-order valence-corrected chi connectivity index (χ4v) is 8.72. The number of hydrogen-bond donors (Lipinski definition) is 0. The highest BCUT2D eigenvalue weighted by Gasteiger charge is 2.46. The van der Waals surface area contributed by atoms with E-state index in [0.29, 0.717) is 5.56 Å². The van der Waals surface area contributed by atoms with Gasteiger partial charge in [0.1, 0.15) is 21.5 Å². The largest absolute Gasteiger partial charge is 0.465 e. The van der Waals surface area contributed by atoms with Gasteiger partial charge in [0.25, 0.3) is 0 Å². The molecule has 0 spiro atoms. The summed E-state index contributed by atoms with van der Waals surface area (Å²) in [5.41, 5.74) is 0.635. The first-order valence-electron chi connectivity index (χ1n) is 7.56. The minimum absolute atomic E-state index is 0.293. The Bertz CT molecular complexity index is 795. The molecule has 0 bridgehead atoms. The molecular formula is C20H17IO2P+. The molecule has 0 aliphatic heterocycles. The highest BCUT2D eigenvalue weighted by Crippen LogP contribution is 2.63. The van der Waals surface area contributed by atoms with Gasteiger partial charge in [-0.2, -0.15) is 0 Å². The van der Waals surface area contributed by atoms with E-state index < -0.39 is 4.90 Å². The fourth-order valence-electron chi connectivity index (χ4n) is 2.72. The van der Waals surface area contributed by atoms with Crippen molar-refractivity contribution in [3.63, 3.8) is 0 Å². The summed E-state index contributed by atoms with van der Waals surface area (Å²) < 4.78 is 5.02. The van der Waals surface area contributed by atoms with Gasteiger partial charge in [-0.3, -0.25) is 0 Å². The standard InChI is InChI=1S/C20H17IO2P/c1-23-20(22)18-14-8-9-15-19(18)24(21,16-10-4-2-5-11-16)17-12-6-3-7-13-17/h2-15H,1H3/q+1. The second kappa shape index (κ2) is 7.45. The molecule has 3 aromatic carbocycles. The van der Waals surface area contributed by atoms with Gasteiger partial charge in [0.05, 0.1) is 7.11 Å². The number of hydrogen-bond acceptors (Lipinski definition) is 2. The Morgan fingerprint density at radius 2 is 1.25 bits per heavy atom. The van der Waals surface area contributed by atoms with E-state index in [1.165, 1.54) is 17.7 Å². The van der Waals surface area contributed by atoms with Crippen LogP contribution in [0.1, 0.15) is 10.4 Å². The predicted octanol–water partition coefficient (Wildman–Crippen LogP) is 4.12. The summed E-state index contributed by atoms with van der Waals surface area (Å²) in [5, 5.41) is 3.50. The highest BCUT2D eigenvalue weighted by atomic mass is 127. The zero-order valence-electron chi connectivity index (χ0n) is 13.2. The van der Waals surface area contributed by atoms with E-state index in [9.17, 15) is 4.79 Å². The van der Waals surface area contributed by atoms with E-state index >= 15 is 0 Å². The average molecular weight is 447 g/mol. The van der Waals surface area contributed by atoms with Crippen LogP contribution < -0.4 is 15.9 Å². The molecule has 0 saturated carbocycles. The zero-order valence-corrected chi connectivity index (χ0v) is 16.3. The predicted molar refractivity (Wildman–Crippen MR) is 111 cm³/mol. The molecule has 0 aliphatic carbocycles. The van der Waals surface area contributed by atoms with Crippen LogP contribution in [0.5, 0.6) is 0 Å². The lowest BCUT2D eigenvalue weighted by Gasteiger charge is -2.21. The first-order valence-corrected chi connectivity index (χ1v) is 12.1. The van der Waals surface area contributed by atoms with E-state index in [-0.39, 0.29) is 5.97 Å². The topological polar surface area (TPSA) is 26.3 Å². The molecule has 0 amide bonds. The summed E-state index contributed by atoms with van der Waals surface area (Å²) in [6, 6.07) is 28.5. The van der Waals surface area contributed by atoms with E-state index in [4.69, 9.17) is 4.74 Å². The molecule has 2 nitrogen and oxygen atoms in total. The summed E-state index contributed by atoms with van der Waals surface area (Å²) >= 11 is 2.55. The summed E-state index contributed by atoms with van der Waals surface area (Å²) in [5.74, 6) is -0.293. The van der Waals surface area contributed by atoms with Gasteiger partial charge >= 0.3 is 5.97 Å². The SMILES string of the molecule is COC(=O)c1ccccc1[P+](I)(c1ccccc1)c1ccccc1. The third-order valence-electron chi connectivity index (χ3n) is 3.87. The second-order valence-electron chi connectivity index (χ2n) is 5.27. The van der Waals surface area contributed by atoms with Crippen LogP contribution in [-0.2, 0) is 4.74 Å². The Morgan fingerprint density at radius 3 is 1.75 bits per heavy atom. The molecule has 0 atom stereocenters. The number of carbonyl (C=O) groups is 1. The second-order valence-corrected chi connectivity index (χ2v) is 12.3. The van der Waals surface area contributed by atoms with Crippen molar-refractivity contribution in [3.05, 3.63) is 90.5 Å².